The molecule has 16 heteroatoms. The minimum absolute atomic E-state index is 0.118. The zero-order valence-corrected chi connectivity index (χ0v) is 35.7. The van der Waals surface area contributed by atoms with E-state index < -0.39 is 12.1 Å². The van der Waals surface area contributed by atoms with Crippen molar-refractivity contribution in [2.45, 2.75) is 53.1 Å². The summed E-state index contributed by atoms with van der Waals surface area (Å²) in [4.78, 5) is 68.8. The molecule has 8 rings (SSSR count). The van der Waals surface area contributed by atoms with Gasteiger partial charge in [0.15, 0.2) is 23.0 Å². The topological polar surface area (TPSA) is 196 Å². The number of fused-ring (bicyclic) bond motifs is 10. The van der Waals surface area contributed by atoms with Gasteiger partial charge in [0, 0.05) is 70.2 Å². The number of H-pyrrole nitrogens is 2. The molecule has 61 heavy (non-hydrogen) atoms. The fourth-order valence-electron chi connectivity index (χ4n) is 8.26. The van der Waals surface area contributed by atoms with Gasteiger partial charge >= 0.3 is 0 Å². The van der Waals surface area contributed by atoms with Crippen molar-refractivity contribution < 1.29 is 28.5 Å². The molecule has 0 aliphatic heterocycles. The minimum Gasteiger partial charge on any atom is -0.493 e. The van der Waals surface area contributed by atoms with Crippen molar-refractivity contribution in [2.24, 2.45) is 5.92 Å². The fourth-order valence-corrected chi connectivity index (χ4v) is 8.26. The zero-order valence-electron chi connectivity index (χ0n) is 35.7. The van der Waals surface area contributed by atoms with Crippen LogP contribution in [0.4, 0.5) is 0 Å². The number of methoxy groups -OCH3 is 4. The number of likely N-dealkylation sites (N-methyl/N-ethyl adjacent to an activating group) is 2. The first-order valence-corrected chi connectivity index (χ1v) is 20.2. The van der Waals surface area contributed by atoms with Crippen LogP contribution in [-0.2, 0) is 9.59 Å². The lowest BCUT2D eigenvalue weighted by Crippen LogP contribution is -2.40. The van der Waals surface area contributed by atoms with Gasteiger partial charge in [-0.3, -0.25) is 28.3 Å². The summed E-state index contributed by atoms with van der Waals surface area (Å²) in [6, 6.07) is 9.32. The van der Waals surface area contributed by atoms with Gasteiger partial charge in [0.2, 0.25) is 11.8 Å². The Morgan fingerprint density at radius 3 is 1.43 bits per heavy atom. The van der Waals surface area contributed by atoms with Crippen LogP contribution in [0.15, 0.2) is 70.8 Å². The highest BCUT2D eigenvalue weighted by Crippen LogP contribution is 2.39. The van der Waals surface area contributed by atoms with Crippen molar-refractivity contribution in [1.29, 1.82) is 0 Å². The number of aromatic amines is 2. The van der Waals surface area contributed by atoms with Crippen LogP contribution in [0.2, 0.25) is 0 Å². The molecule has 0 saturated carbocycles. The molecule has 1 unspecified atom stereocenters. The van der Waals surface area contributed by atoms with Crippen LogP contribution in [0.25, 0.3) is 65.4 Å². The second-order valence-electron chi connectivity index (χ2n) is 14.8. The van der Waals surface area contributed by atoms with Gasteiger partial charge in [-0.15, -0.1) is 0 Å². The van der Waals surface area contributed by atoms with E-state index in [2.05, 4.69) is 30.6 Å². The first kappa shape index (κ1) is 42.0. The number of ether oxygens (including phenoxy) is 4. The van der Waals surface area contributed by atoms with E-state index in [0.29, 0.717) is 86.4 Å². The summed E-state index contributed by atoms with van der Waals surface area (Å²) in [5.74, 6) is 1.44. The second kappa shape index (κ2) is 17.2. The Morgan fingerprint density at radius 1 is 0.607 bits per heavy atom. The van der Waals surface area contributed by atoms with Crippen LogP contribution in [-0.4, -0.2) is 82.4 Å². The molecule has 6 aromatic heterocycles. The highest BCUT2D eigenvalue weighted by molar-refractivity contribution is 6.16. The Morgan fingerprint density at radius 2 is 1.02 bits per heavy atom. The SMILES string of the molecule is CCNC(=O)C(C(C)C)n1c(=O)c2cc(OC)c(OC)cc2c2cnc3[nH]ccc3c21.CCNC(=O)[C@@H](CC)n1c(=O)c2cc(OC)c(OC)cc2c2cnc3[nH]ccc3c21. The van der Waals surface area contributed by atoms with Crippen LogP contribution in [0, 0.1) is 5.92 Å². The van der Waals surface area contributed by atoms with Crippen molar-refractivity contribution in [2.75, 3.05) is 41.5 Å². The Balaban J connectivity index is 0.000000184. The molecule has 0 saturated heterocycles. The minimum atomic E-state index is -0.687. The molecule has 16 nitrogen and oxygen atoms in total. The molecule has 318 valence electrons. The van der Waals surface area contributed by atoms with Crippen LogP contribution in [0.1, 0.15) is 53.1 Å². The van der Waals surface area contributed by atoms with Gasteiger partial charge in [-0.05, 0) is 62.6 Å². The van der Waals surface area contributed by atoms with Gasteiger partial charge in [-0.2, -0.15) is 0 Å². The number of rotatable bonds is 12. The highest BCUT2D eigenvalue weighted by Gasteiger charge is 2.30. The third-order valence-corrected chi connectivity index (χ3v) is 11.0. The smallest absolute Gasteiger partial charge is 0.259 e. The molecule has 8 aromatic rings. The van der Waals surface area contributed by atoms with E-state index in [9.17, 15) is 19.2 Å². The molecule has 6 heterocycles. The summed E-state index contributed by atoms with van der Waals surface area (Å²) in [6.07, 6.45) is 7.48. The van der Waals surface area contributed by atoms with Crippen LogP contribution >= 0.6 is 0 Å². The average molecular weight is 831 g/mol. The molecule has 0 aliphatic rings. The number of hydrogen-bond donors (Lipinski definition) is 4. The van der Waals surface area contributed by atoms with Crippen molar-refractivity contribution in [3.8, 4) is 23.0 Å². The summed E-state index contributed by atoms with van der Waals surface area (Å²) >= 11 is 0. The standard InChI is InChI=1S/C23H26N4O4.C22H24N4O4/c1-6-24-22(28)19(12(2)3)27-20-13-7-8-25-21(13)26-11-16(20)14-9-17(30-4)18(31-5)10-15(14)23(27)29;1-5-16(21(27)23-6-2)26-19-12-7-8-24-20(12)25-11-15(19)13-9-17(29-3)18(30-4)10-14(13)22(26)28/h7-12,19H,6H2,1-5H3,(H,24,28)(H,25,26);7-11,16H,5-6H2,1-4H3,(H,23,27)(H,24,25)/t;16-/m.1/s1. The number of amides is 2. The molecule has 0 bridgehead atoms. The van der Waals surface area contributed by atoms with E-state index in [4.69, 9.17) is 18.9 Å². The van der Waals surface area contributed by atoms with Gasteiger partial charge in [0.25, 0.3) is 11.1 Å². The summed E-state index contributed by atoms with van der Waals surface area (Å²) in [5.41, 5.74) is 2.12. The number of carbonyl (C=O) groups excluding carboxylic acids is 2. The van der Waals surface area contributed by atoms with Gasteiger partial charge in [0.05, 0.1) is 50.2 Å². The lowest BCUT2D eigenvalue weighted by atomic mass is 9.99. The first-order valence-electron chi connectivity index (χ1n) is 20.2. The van der Waals surface area contributed by atoms with Crippen molar-refractivity contribution >= 4 is 77.2 Å². The number of carbonyl (C=O) groups is 2. The number of nitrogens with one attached hydrogen (secondary N) is 4. The Labute approximate surface area is 350 Å². The van der Waals surface area contributed by atoms with E-state index >= 15 is 0 Å². The first-order chi connectivity index (χ1) is 29.5. The van der Waals surface area contributed by atoms with Crippen LogP contribution in [0.3, 0.4) is 0 Å². The Hall–Kier alpha value is -7.10. The van der Waals surface area contributed by atoms with E-state index in [-0.39, 0.29) is 28.9 Å². The average Bonchev–Trinajstić information content (AvgIpc) is 3.96. The third-order valence-electron chi connectivity index (χ3n) is 11.0. The normalized spacial score (nSPS) is 12.5. The quantitative estimate of drug-likeness (QED) is 0.0985. The van der Waals surface area contributed by atoms with E-state index in [1.807, 2.05) is 46.8 Å². The molecular weight excluding hydrogens is 781 g/mol. The molecule has 0 spiro atoms. The highest BCUT2D eigenvalue weighted by atomic mass is 16.5. The number of aromatic nitrogens is 6. The number of nitrogens with zero attached hydrogens (tertiary/aromatic N) is 4. The predicted octanol–water partition coefficient (Wildman–Crippen LogP) is 6.52. The van der Waals surface area contributed by atoms with Gasteiger partial charge in [-0.25, -0.2) is 9.97 Å². The van der Waals surface area contributed by atoms with E-state index in [1.165, 1.54) is 14.2 Å². The Kier molecular flexibility index (Phi) is 11.9. The van der Waals surface area contributed by atoms with Crippen molar-refractivity contribution in [3.05, 3.63) is 81.9 Å². The van der Waals surface area contributed by atoms with Crippen LogP contribution in [0.5, 0.6) is 23.0 Å². The lowest BCUT2D eigenvalue weighted by molar-refractivity contribution is -0.125. The maximum atomic E-state index is 13.9. The molecule has 4 N–H and O–H groups in total. The second-order valence-corrected chi connectivity index (χ2v) is 14.8. The van der Waals surface area contributed by atoms with Gasteiger partial charge in [0.1, 0.15) is 23.4 Å². The number of benzene rings is 2. The molecule has 2 aromatic carbocycles. The number of pyridine rings is 4. The summed E-state index contributed by atoms with van der Waals surface area (Å²) in [7, 11) is 6.16. The van der Waals surface area contributed by atoms with Gasteiger partial charge in [-0.1, -0.05) is 20.8 Å². The molecule has 0 fully saturated rings. The largest absolute Gasteiger partial charge is 0.493 e. The van der Waals surface area contributed by atoms with Crippen molar-refractivity contribution in [1.82, 2.24) is 39.7 Å². The monoisotopic (exact) mass is 830 g/mol. The van der Waals surface area contributed by atoms with Crippen LogP contribution < -0.4 is 40.7 Å². The molecule has 2 atom stereocenters. The number of hydrogen-bond acceptors (Lipinski definition) is 10. The van der Waals surface area contributed by atoms with Gasteiger partial charge < -0.3 is 39.5 Å². The summed E-state index contributed by atoms with van der Waals surface area (Å²) < 4.78 is 25.0. The van der Waals surface area contributed by atoms with Crippen molar-refractivity contribution in [3.63, 3.8) is 0 Å². The maximum absolute atomic E-state index is 13.9. The molecule has 0 radical (unpaired) electrons. The fraction of sp³-hybridized carbons (Fsp3) is 0.333. The molecular formula is C45H50N8O8. The predicted molar refractivity (Wildman–Crippen MR) is 238 cm³/mol. The molecule has 0 aliphatic carbocycles. The summed E-state index contributed by atoms with van der Waals surface area (Å²) in [5, 5.41) is 11.1. The van der Waals surface area contributed by atoms with E-state index in [0.717, 1.165) is 21.5 Å². The Bertz CT molecular complexity index is 3090. The summed E-state index contributed by atoms with van der Waals surface area (Å²) in [6.45, 7) is 10.5. The zero-order chi connectivity index (χ0) is 43.7. The molecule has 2 amide bonds. The maximum Gasteiger partial charge on any atom is 0.259 e. The third kappa shape index (κ3) is 7.10. The lowest BCUT2D eigenvalue weighted by Gasteiger charge is -2.25. The van der Waals surface area contributed by atoms with E-state index in [1.54, 1.807) is 72.4 Å².